The lowest BCUT2D eigenvalue weighted by Gasteiger charge is -2.31. The number of benzene rings is 2. The molecule has 0 aliphatic rings. The molecule has 31 heavy (non-hydrogen) atoms. The van der Waals surface area contributed by atoms with Crippen molar-refractivity contribution in [3.63, 3.8) is 0 Å². The summed E-state index contributed by atoms with van der Waals surface area (Å²) in [6.45, 7) is 6.81. The molecule has 168 valence electrons. The Bertz CT molecular complexity index is 874. The normalized spacial score (nSPS) is 11.8. The van der Waals surface area contributed by atoms with Crippen LogP contribution in [0.5, 0.6) is 0 Å². The van der Waals surface area contributed by atoms with Gasteiger partial charge in [-0.3, -0.25) is 9.59 Å². The Morgan fingerprint density at radius 1 is 1.10 bits per heavy atom. The Hall–Kier alpha value is -1.69. The van der Waals surface area contributed by atoms with E-state index in [2.05, 4.69) is 36.5 Å². The Morgan fingerprint density at radius 2 is 1.81 bits per heavy atom. The van der Waals surface area contributed by atoms with Crippen LogP contribution in [0.1, 0.15) is 43.4 Å². The first-order valence-electron chi connectivity index (χ1n) is 10.5. The summed E-state index contributed by atoms with van der Waals surface area (Å²) in [6.07, 6.45) is 1.36. The van der Waals surface area contributed by atoms with Gasteiger partial charge in [0.1, 0.15) is 6.04 Å². The number of hydrogen-bond donors (Lipinski definition) is 1. The molecule has 2 aromatic carbocycles. The summed E-state index contributed by atoms with van der Waals surface area (Å²) < 4.78 is 0. The second-order valence-electron chi connectivity index (χ2n) is 7.45. The molecule has 0 aliphatic carbocycles. The predicted octanol–water partition coefficient (Wildman–Crippen LogP) is 5.87. The maximum absolute atomic E-state index is 13.2. The van der Waals surface area contributed by atoms with E-state index in [1.165, 1.54) is 11.1 Å². The van der Waals surface area contributed by atoms with Crippen LogP contribution in [0.3, 0.4) is 0 Å². The van der Waals surface area contributed by atoms with E-state index in [1.807, 2.05) is 13.8 Å². The number of thioether (sulfide) groups is 1. The second kappa shape index (κ2) is 13.0. The van der Waals surface area contributed by atoms with E-state index >= 15 is 0 Å². The molecule has 0 aliphatic heterocycles. The van der Waals surface area contributed by atoms with Crippen LogP contribution in [0, 0.1) is 6.92 Å². The summed E-state index contributed by atoms with van der Waals surface area (Å²) >= 11 is 13.9. The van der Waals surface area contributed by atoms with Gasteiger partial charge in [0.05, 0.1) is 5.75 Å². The van der Waals surface area contributed by atoms with E-state index in [4.69, 9.17) is 23.2 Å². The average molecular weight is 481 g/mol. The first-order valence-corrected chi connectivity index (χ1v) is 12.4. The van der Waals surface area contributed by atoms with Crippen molar-refractivity contribution in [2.24, 2.45) is 0 Å². The summed E-state index contributed by atoms with van der Waals surface area (Å²) in [5, 5.41) is 3.94. The summed E-state index contributed by atoms with van der Waals surface area (Å²) in [7, 11) is 0. The SMILES string of the molecule is CCCNC(=O)C(CC)N(Cc1ccc(Cl)cc1Cl)C(=O)CSCc1ccc(C)cc1. The van der Waals surface area contributed by atoms with Gasteiger partial charge in [0.15, 0.2) is 0 Å². The van der Waals surface area contributed by atoms with Crippen LogP contribution in [-0.4, -0.2) is 35.1 Å². The molecule has 0 saturated heterocycles. The van der Waals surface area contributed by atoms with Crippen molar-refractivity contribution in [1.29, 1.82) is 0 Å². The van der Waals surface area contributed by atoms with E-state index < -0.39 is 6.04 Å². The van der Waals surface area contributed by atoms with E-state index in [0.29, 0.717) is 23.0 Å². The highest BCUT2D eigenvalue weighted by Gasteiger charge is 2.28. The Balaban J connectivity index is 2.14. The van der Waals surface area contributed by atoms with Gasteiger partial charge in [-0.05, 0) is 43.0 Å². The summed E-state index contributed by atoms with van der Waals surface area (Å²) in [5.41, 5.74) is 3.15. The summed E-state index contributed by atoms with van der Waals surface area (Å²) in [5.74, 6) is 0.810. The quantitative estimate of drug-likeness (QED) is 0.437. The number of nitrogens with one attached hydrogen (secondary N) is 1. The van der Waals surface area contributed by atoms with Gasteiger partial charge in [-0.1, -0.05) is 72.9 Å². The third kappa shape index (κ3) is 8.06. The highest BCUT2D eigenvalue weighted by molar-refractivity contribution is 7.99. The van der Waals surface area contributed by atoms with Crippen LogP contribution in [0.25, 0.3) is 0 Å². The van der Waals surface area contributed by atoms with Crippen molar-refractivity contribution in [2.75, 3.05) is 12.3 Å². The topological polar surface area (TPSA) is 49.4 Å². The van der Waals surface area contributed by atoms with Crippen molar-refractivity contribution in [1.82, 2.24) is 10.2 Å². The van der Waals surface area contributed by atoms with Crippen molar-refractivity contribution in [3.8, 4) is 0 Å². The van der Waals surface area contributed by atoms with Crippen LogP contribution < -0.4 is 5.32 Å². The molecule has 0 heterocycles. The molecule has 1 unspecified atom stereocenters. The van der Waals surface area contributed by atoms with Gasteiger partial charge in [-0.2, -0.15) is 0 Å². The Labute approximate surface area is 199 Å². The fraction of sp³-hybridized carbons (Fsp3) is 0.417. The Morgan fingerprint density at radius 3 is 2.42 bits per heavy atom. The molecule has 4 nitrogen and oxygen atoms in total. The van der Waals surface area contributed by atoms with Crippen LogP contribution in [0.4, 0.5) is 0 Å². The van der Waals surface area contributed by atoms with E-state index in [-0.39, 0.29) is 24.1 Å². The number of amides is 2. The lowest BCUT2D eigenvalue weighted by molar-refractivity contribution is -0.139. The van der Waals surface area contributed by atoms with Crippen LogP contribution >= 0.6 is 35.0 Å². The van der Waals surface area contributed by atoms with Gasteiger partial charge in [0.25, 0.3) is 0 Å². The number of nitrogens with zero attached hydrogens (tertiary/aromatic N) is 1. The third-order valence-electron chi connectivity index (χ3n) is 4.91. The maximum atomic E-state index is 13.2. The molecular weight excluding hydrogens is 451 g/mol. The zero-order valence-corrected chi connectivity index (χ0v) is 20.6. The molecular formula is C24H30Cl2N2O2S. The van der Waals surface area contributed by atoms with Gasteiger partial charge in [0, 0.05) is 28.9 Å². The second-order valence-corrected chi connectivity index (χ2v) is 9.28. The van der Waals surface area contributed by atoms with E-state index in [1.54, 1.807) is 34.9 Å². The molecule has 1 N–H and O–H groups in total. The zero-order chi connectivity index (χ0) is 22.8. The van der Waals surface area contributed by atoms with Crippen LogP contribution in [0.15, 0.2) is 42.5 Å². The van der Waals surface area contributed by atoms with Crippen molar-refractivity contribution in [2.45, 2.75) is 52.0 Å². The first kappa shape index (κ1) is 25.6. The van der Waals surface area contributed by atoms with Crippen LogP contribution in [-0.2, 0) is 21.9 Å². The number of rotatable bonds is 11. The number of carbonyl (C=O) groups excluding carboxylic acids is 2. The van der Waals surface area contributed by atoms with Crippen molar-refractivity contribution >= 4 is 46.8 Å². The van der Waals surface area contributed by atoms with E-state index in [0.717, 1.165) is 17.7 Å². The molecule has 0 saturated carbocycles. The minimum Gasteiger partial charge on any atom is -0.354 e. The summed E-state index contributed by atoms with van der Waals surface area (Å²) in [4.78, 5) is 27.6. The summed E-state index contributed by atoms with van der Waals surface area (Å²) in [6, 6.07) is 12.9. The number of hydrogen-bond acceptors (Lipinski definition) is 3. The maximum Gasteiger partial charge on any atom is 0.242 e. The minimum atomic E-state index is -0.550. The largest absolute Gasteiger partial charge is 0.354 e. The fourth-order valence-electron chi connectivity index (χ4n) is 3.14. The zero-order valence-electron chi connectivity index (χ0n) is 18.3. The van der Waals surface area contributed by atoms with Gasteiger partial charge < -0.3 is 10.2 Å². The monoisotopic (exact) mass is 480 g/mol. The number of halogens is 2. The molecule has 2 rings (SSSR count). The molecule has 7 heteroatoms. The number of aryl methyl sites for hydroxylation is 1. The van der Waals surface area contributed by atoms with Gasteiger partial charge in [-0.15, -0.1) is 11.8 Å². The molecule has 1 atom stereocenters. The molecule has 2 aromatic rings. The highest BCUT2D eigenvalue weighted by atomic mass is 35.5. The van der Waals surface area contributed by atoms with Crippen molar-refractivity contribution < 1.29 is 9.59 Å². The lowest BCUT2D eigenvalue weighted by atomic mass is 10.1. The van der Waals surface area contributed by atoms with Gasteiger partial charge in [-0.25, -0.2) is 0 Å². The predicted molar refractivity (Wildman–Crippen MR) is 132 cm³/mol. The average Bonchev–Trinajstić information content (AvgIpc) is 2.74. The lowest BCUT2D eigenvalue weighted by Crippen LogP contribution is -2.49. The molecule has 0 fully saturated rings. The molecule has 0 aromatic heterocycles. The fourth-order valence-corrected chi connectivity index (χ4v) is 4.48. The third-order valence-corrected chi connectivity index (χ3v) is 6.48. The smallest absolute Gasteiger partial charge is 0.242 e. The van der Waals surface area contributed by atoms with Crippen molar-refractivity contribution in [3.05, 3.63) is 69.2 Å². The van der Waals surface area contributed by atoms with Gasteiger partial charge in [0.2, 0.25) is 11.8 Å². The van der Waals surface area contributed by atoms with Crippen LogP contribution in [0.2, 0.25) is 10.0 Å². The molecule has 0 spiro atoms. The standard InChI is InChI=1S/C24H30Cl2N2O2S/c1-4-12-27-24(30)22(5-2)28(14-19-10-11-20(25)13-21(19)26)23(29)16-31-15-18-8-6-17(3)7-9-18/h6-11,13,22H,4-5,12,14-16H2,1-3H3,(H,27,30). The van der Waals surface area contributed by atoms with E-state index in [9.17, 15) is 9.59 Å². The van der Waals surface area contributed by atoms with Gasteiger partial charge >= 0.3 is 0 Å². The highest BCUT2D eigenvalue weighted by Crippen LogP contribution is 2.24. The molecule has 0 radical (unpaired) electrons. The first-order chi connectivity index (χ1) is 14.8. The Kier molecular flexibility index (Phi) is 10.7. The number of carbonyl (C=O) groups is 2. The minimum absolute atomic E-state index is 0.0818. The molecule has 0 bridgehead atoms. The molecule has 2 amide bonds.